The quantitative estimate of drug-likeness (QED) is 0.594. The van der Waals surface area contributed by atoms with Gasteiger partial charge in [-0.15, -0.1) is 0 Å². The largest absolute Gasteiger partial charge is 0.463 e. The van der Waals surface area contributed by atoms with Crippen molar-refractivity contribution in [1.29, 1.82) is 0 Å². The molecular formula is C13H9NO. The Labute approximate surface area is 87.2 Å². The molecule has 0 atom stereocenters. The zero-order chi connectivity index (χ0) is 10.1. The van der Waals surface area contributed by atoms with E-state index in [4.69, 9.17) is 4.42 Å². The standard InChI is InChI=1S/C13H9NO/c1-2-5-11-10(4-1)7-8-12(14-11)13-6-3-9-15-13/h1-9H. The number of nitrogens with zero attached hydrogens (tertiary/aromatic N) is 1. The Balaban J connectivity index is 2.22. The van der Waals surface area contributed by atoms with Gasteiger partial charge in [0.1, 0.15) is 5.69 Å². The number of rotatable bonds is 1. The summed E-state index contributed by atoms with van der Waals surface area (Å²) < 4.78 is 5.31. The Hall–Kier alpha value is -2.09. The maximum Gasteiger partial charge on any atom is 0.152 e. The van der Waals surface area contributed by atoms with Crippen LogP contribution in [-0.2, 0) is 0 Å². The van der Waals surface area contributed by atoms with E-state index in [9.17, 15) is 0 Å². The fourth-order valence-corrected chi connectivity index (χ4v) is 1.63. The lowest BCUT2D eigenvalue weighted by molar-refractivity contribution is 0.580. The summed E-state index contributed by atoms with van der Waals surface area (Å²) in [5.74, 6) is 0.806. The summed E-state index contributed by atoms with van der Waals surface area (Å²) in [5.41, 5.74) is 1.87. The maximum atomic E-state index is 5.31. The molecule has 0 saturated carbocycles. The number of benzene rings is 1. The van der Waals surface area contributed by atoms with Crippen molar-refractivity contribution in [1.82, 2.24) is 4.98 Å². The van der Waals surface area contributed by atoms with Gasteiger partial charge in [0.2, 0.25) is 0 Å². The van der Waals surface area contributed by atoms with Crippen molar-refractivity contribution in [2.24, 2.45) is 0 Å². The van der Waals surface area contributed by atoms with Crippen LogP contribution in [0.1, 0.15) is 0 Å². The van der Waals surface area contributed by atoms with Gasteiger partial charge in [0.05, 0.1) is 11.8 Å². The molecule has 2 heteroatoms. The monoisotopic (exact) mass is 195 g/mol. The smallest absolute Gasteiger partial charge is 0.152 e. The van der Waals surface area contributed by atoms with Gasteiger partial charge in [-0.3, -0.25) is 0 Å². The maximum absolute atomic E-state index is 5.31. The van der Waals surface area contributed by atoms with Crippen molar-refractivity contribution in [3.63, 3.8) is 0 Å². The topological polar surface area (TPSA) is 26.0 Å². The lowest BCUT2D eigenvalue weighted by Gasteiger charge is -1.99. The number of fused-ring (bicyclic) bond motifs is 1. The molecule has 0 bridgehead atoms. The van der Waals surface area contributed by atoms with E-state index < -0.39 is 0 Å². The molecule has 0 radical (unpaired) electrons. The first-order valence-corrected chi connectivity index (χ1v) is 4.83. The Morgan fingerprint density at radius 1 is 0.867 bits per heavy atom. The van der Waals surface area contributed by atoms with E-state index in [0.29, 0.717) is 0 Å². The van der Waals surface area contributed by atoms with Crippen molar-refractivity contribution < 1.29 is 4.42 Å². The molecule has 0 unspecified atom stereocenters. The second-order valence-corrected chi connectivity index (χ2v) is 3.37. The second-order valence-electron chi connectivity index (χ2n) is 3.37. The van der Waals surface area contributed by atoms with Crippen LogP contribution in [0, 0.1) is 0 Å². The highest BCUT2D eigenvalue weighted by Gasteiger charge is 2.02. The Morgan fingerprint density at radius 2 is 1.80 bits per heavy atom. The first kappa shape index (κ1) is 8.24. The first-order chi connectivity index (χ1) is 7.43. The third-order valence-corrected chi connectivity index (χ3v) is 2.37. The molecule has 2 heterocycles. The number of pyridine rings is 1. The fraction of sp³-hybridized carbons (Fsp3) is 0. The zero-order valence-electron chi connectivity index (χ0n) is 8.05. The van der Waals surface area contributed by atoms with Crippen LogP contribution >= 0.6 is 0 Å². The van der Waals surface area contributed by atoms with Gasteiger partial charge in [-0.05, 0) is 24.3 Å². The number of para-hydroxylation sites is 1. The Bertz CT molecular complexity index is 584. The van der Waals surface area contributed by atoms with Gasteiger partial charge in [0.15, 0.2) is 5.76 Å². The average molecular weight is 195 g/mol. The van der Waals surface area contributed by atoms with E-state index in [-0.39, 0.29) is 0 Å². The van der Waals surface area contributed by atoms with Crippen LogP contribution in [0.3, 0.4) is 0 Å². The van der Waals surface area contributed by atoms with Gasteiger partial charge < -0.3 is 4.42 Å². The number of furan rings is 1. The predicted octanol–water partition coefficient (Wildman–Crippen LogP) is 3.49. The van der Waals surface area contributed by atoms with Crippen molar-refractivity contribution in [3.05, 3.63) is 54.8 Å². The van der Waals surface area contributed by atoms with Crippen LogP contribution in [0.5, 0.6) is 0 Å². The summed E-state index contributed by atoms with van der Waals surface area (Å²) in [4.78, 5) is 4.52. The Kier molecular flexibility index (Phi) is 1.78. The summed E-state index contributed by atoms with van der Waals surface area (Å²) in [6.07, 6.45) is 1.66. The molecule has 0 aliphatic carbocycles. The van der Waals surface area contributed by atoms with Crippen LogP contribution in [0.4, 0.5) is 0 Å². The van der Waals surface area contributed by atoms with Crippen LogP contribution in [0.25, 0.3) is 22.4 Å². The molecule has 0 amide bonds. The summed E-state index contributed by atoms with van der Waals surface area (Å²) in [7, 11) is 0. The van der Waals surface area contributed by atoms with Crippen LogP contribution in [0.15, 0.2) is 59.2 Å². The predicted molar refractivity (Wildman–Crippen MR) is 59.4 cm³/mol. The van der Waals surface area contributed by atoms with E-state index in [2.05, 4.69) is 11.1 Å². The van der Waals surface area contributed by atoms with Crippen LogP contribution in [-0.4, -0.2) is 4.98 Å². The van der Waals surface area contributed by atoms with Crippen molar-refractivity contribution in [2.45, 2.75) is 0 Å². The highest BCUT2D eigenvalue weighted by atomic mass is 16.3. The molecule has 1 aromatic carbocycles. The minimum Gasteiger partial charge on any atom is -0.463 e. The van der Waals surface area contributed by atoms with E-state index >= 15 is 0 Å². The molecule has 15 heavy (non-hydrogen) atoms. The van der Waals surface area contributed by atoms with Gasteiger partial charge in [0.25, 0.3) is 0 Å². The lowest BCUT2D eigenvalue weighted by Crippen LogP contribution is -1.82. The molecule has 0 fully saturated rings. The second kappa shape index (κ2) is 3.24. The first-order valence-electron chi connectivity index (χ1n) is 4.83. The highest BCUT2D eigenvalue weighted by molar-refractivity contribution is 5.80. The van der Waals surface area contributed by atoms with Gasteiger partial charge in [0, 0.05) is 5.39 Å². The molecule has 3 aromatic rings. The lowest BCUT2D eigenvalue weighted by atomic mass is 10.2. The summed E-state index contributed by atoms with van der Waals surface area (Å²) in [6, 6.07) is 15.9. The summed E-state index contributed by atoms with van der Waals surface area (Å²) >= 11 is 0. The van der Waals surface area contributed by atoms with Crippen molar-refractivity contribution in [3.8, 4) is 11.5 Å². The number of hydrogen-bond acceptors (Lipinski definition) is 2. The van der Waals surface area contributed by atoms with Crippen molar-refractivity contribution >= 4 is 10.9 Å². The normalized spacial score (nSPS) is 10.7. The SMILES string of the molecule is c1coc(-c2ccc3ccccc3n2)c1. The molecule has 72 valence electrons. The number of aromatic nitrogens is 1. The number of hydrogen-bond donors (Lipinski definition) is 0. The van der Waals surface area contributed by atoms with Crippen LogP contribution < -0.4 is 0 Å². The summed E-state index contributed by atoms with van der Waals surface area (Å²) in [5, 5.41) is 1.15. The van der Waals surface area contributed by atoms with E-state index in [1.807, 2.05) is 42.5 Å². The molecule has 0 aliphatic heterocycles. The third kappa shape index (κ3) is 1.40. The molecular weight excluding hydrogens is 186 g/mol. The molecule has 0 saturated heterocycles. The molecule has 3 rings (SSSR count). The van der Waals surface area contributed by atoms with Crippen molar-refractivity contribution in [2.75, 3.05) is 0 Å². The van der Waals surface area contributed by atoms with Gasteiger partial charge >= 0.3 is 0 Å². The highest BCUT2D eigenvalue weighted by Crippen LogP contribution is 2.20. The minimum atomic E-state index is 0.806. The van der Waals surface area contributed by atoms with E-state index in [0.717, 1.165) is 22.4 Å². The molecule has 0 aliphatic rings. The third-order valence-electron chi connectivity index (χ3n) is 2.37. The van der Waals surface area contributed by atoms with E-state index in [1.165, 1.54) is 0 Å². The summed E-state index contributed by atoms with van der Waals surface area (Å²) in [6.45, 7) is 0. The van der Waals surface area contributed by atoms with Gasteiger partial charge in [-0.1, -0.05) is 24.3 Å². The molecule has 0 spiro atoms. The minimum absolute atomic E-state index is 0.806. The van der Waals surface area contributed by atoms with E-state index in [1.54, 1.807) is 6.26 Å². The zero-order valence-corrected chi connectivity index (χ0v) is 8.05. The molecule has 2 nitrogen and oxygen atoms in total. The van der Waals surface area contributed by atoms with Gasteiger partial charge in [-0.25, -0.2) is 4.98 Å². The molecule has 2 aromatic heterocycles. The molecule has 0 N–H and O–H groups in total. The van der Waals surface area contributed by atoms with Crippen LogP contribution in [0.2, 0.25) is 0 Å². The van der Waals surface area contributed by atoms with Gasteiger partial charge in [-0.2, -0.15) is 0 Å². The average Bonchev–Trinajstić information content (AvgIpc) is 2.82. The Morgan fingerprint density at radius 3 is 2.67 bits per heavy atom. The fourth-order valence-electron chi connectivity index (χ4n) is 1.63.